The van der Waals surface area contributed by atoms with E-state index in [9.17, 15) is 4.79 Å². The lowest BCUT2D eigenvalue weighted by molar-refractivity contribution is -0.130. The van der Waals surface area contributed by atoms with Crippen LogP contribution in [0.3, 0.4) is 0 Å². The van der Waals surface area contributed by atoms with E-state index >= 15 is 0 Å². The highest BCUT2D eigenvalue weighted by Crippen LogP contribution is 2.46. The molecular weight excluding hydrogens is 302 g/mol. The van der Waals surface area contributed by atoms with Gasteiger partial charge in [-0.25, -0.2) is 0 Å². The molecule has 0 saturated carbocycles. The van der Waals surface area contributed by atoms with Crippen molar-refractivity contribution in [3.05, 3.63) is 47.9 Å². The summed E-state index contributed by atoms with van der Waals surface area (Å²) in [7, 11) is 0. The summed E-state index contributed by atoms with van der Waals surface area (Å²) in [6, 6.07) is 9.57. The van der Waals surface area contributed by atoms with E-state index < -0.39 is 0 Å². The van der Waals surface area contributed by atoms with E-state index in [1.165, 1.54) is 0 Å². The van der Waals surface area contributed by atoms with Crippen LogP contribution in [-0.4, -0.2) is 22.8 Å². The van der Waals surface area contributed by atoms with Crippen molar-refractivity contribution < 1.29 is 18.7 Å². The third kappa shape index (κ3) is 2.23. The van der Waals surface area contributed by atoms with Crippen LogP contribution >= 0.6 is 11.8 Å². The standard InChI is InChI=1S/C16H15NO4S/c1-10-15(18)17(8-12-3-2-6-19-12)16(22-10)11-4-5-13-14(7-11)21-9-20-13/h2-7,10,16H,8-9H2,1H3/t10-,16+/m0/s1. The molecule has 114 valence electrons. The highest BCUT2D eigenvalue weighted by Gasteiger charge is 2.39. The molecule has 2 atom stereocenters. The fourth-order valence-corrected chi connectivity index (χ4v) is 4.00. The molecule has 5 nitrogen and oxygen atoms in total. The van der Waals surface area contributed by atoms with Gasteiger partial charge in [0.15, 0.2) is 11.5 Å². The van der Waals surface area contributed by atoms with Crippen LogP contribution in [0.2, 0.25) is 0 Å². The summed E-state index contributed by atoms with van der Waals surface area (Å²) >= 11 is 1.64. The normalized spacial score (nSPS) is 23.3. The summed E-state index contributed by atoms with van der Waals surface area (Å²) in [5.41, 5.74) is 1.04. The van der Waals surface area contributed by atoms with Gasteiger partial charge >= 0.3 is 0 Å². The molecule has 2 aliphatic rings. The van der Waals surface area contributed by atoms with E-state index in [2.05, 4.69) is 0 Å². The molecule has 0 radical (unpaired) electrons. The molecule has 0 unspecified atom stereocenters. The van der Waals surface area contributed by atoms with E-state index in [-0.39, 0.29) is 23.3 Å². The topological polar surface area (TPSA) is 51.9 Å². The van der Waals surface area contributed by atoms with Gasteiger partial charge in [-0.05, 0) is 36.8 Å². The van der Waals surface area contributed by atoms with Crippen molar-refractivity contribution in [3.63, 3.8) is 0 Å². The smallest absolute Gasteiger partial charge is 0.237 e. The van der Waals surface area contributed by atoms with Gasteiger partial charge in [-0.1, -0.05) is 6.07 Å². The first kappa shape index (κ1) is 13.6. The largest absolute Gasteiger partial charge is 0.467 e. The number of hydrogen-bond donors (Lipinski definition) is 0. The summed E-state index contributed by atoms with van der Waals surface area (Å²) in [4.78, 5) is 14.3. The Morgan fingerprint density at radius 2 is 2.14 bits per heavy atom. The second kappa shape index (κ2) is 5.28. The average molecular weight is 317 g/mol. The molecule has 2 aromatic rings. The van der Waals surface area contributed by atoms with Crippen LogP contribution in [-0.2, 0) is 11.3 Å². The number of thioether (sulfide) groups is 1. The zero-order chi connectivity index (χ0) is 15.1. The minimum atomic E-state index is -0.0645. The summed E-state index contributed by atoms with van der Waals surface area (Å²) in [6.07, 6.45) is 1.63. The number of rotatable bonds is 3. The van der Waals surface area contributed by atoms with Crippen LogP contribution in [0.5, 0.6) is 11.5 Å². The molecule has 1 fully saturated rings. The lowest BCUT2D eigenvalue weighted by atomic mass is 10.1. The molecule has 1 aromatic carbocycles. The molecular formula is C16H15NO4S. The Morgan fingerprint density at radius 3 is 2.95 bits per heavy atom. The van der Waals surface area contributed by atoms with Gasteiger partial charge in [0.1, 0.15) is 11.1 Å². The lowest BCUT2D eigenvalue weighted by Gasteiger charge is -2.23. The number of ether oxygens (including phenoxy) is 2. The van der Waals surface area contributed by atoms with Crippen molar-refractivity contribution in [2.24, 2.45) is 0 Å². The van der Waals surface area contributed by atoms with Gasteiger partial charge in [0, 0.05) is 0 Å². The fraction of sp³-hybridized carbons (Fsp3) is 0.312. The molecule has 0 spiro atoms. The van der Waals surface area contributed by atoms with E-state index in [0.717, 1.165) is 22.8 Å². The summed E-state index contributed by atoms with van der Waals surface area (Å²) in [5, 5.41) is -0.104. The quantitative estimate of drug-likeness (QED) is 0.870. The van der Waals surface area contributed by atoms with Gasteiger partial charge in [0.25, 0.3) is 0 Å². The van der Waals surface area contributed by atoms with Crippen molar-refractivity contribution in [3.8, 4) is 11.5 Å². The maximum Gasteiger partial charge on any atom is 0.237 e. The highest BCUT2D eigenvalue weighted by molar-refractivity contribution is 8.01. The van der Waals surface area contributed by atoms with Gasteiger partial charge in [0.2, 0.25) is 12.7 Å². The highest BCUT2D eigenvalue weighted by atomic mass is 32.2. The molecule has 0 bridgehead atoms. The van der Waals surface area contributed by atoms with Crippen molar-refractivity contribution in [2.75, 3.05) is 6.79 Å². The van der Waals surface area contributed by atoms with Crippen molar-refractivity contribution >= 4 is 17.7 Å². The van der Waals surface area contributed by atoms with Crippen molar-refractivity contribution in [1.29, 1.82) is 0 Å². The molecule has 3 heterocycles. The Bertz CT molecular complexity index is 700. The van der Waals surface area contributed by atoms with Crippen LogP contribution in [0, 0.1) is 0 Å². The molecule has 6 heteroatoms. The van der Waals surface area contributed by atoms with Gasteiger partial charge in [-0.3, -0.25) is 4.79 Å². The zero-order valence-electron chi connectivity index (χ0n) is 12.0. The predicted molar refractivity (Wildman–Crippen MR) is 81.6 cm³/mol. The first-order valence-corrected chi connectivity index (χ1v) is 8.04. The third-order valence-electron chi connectivity index (χ3n) is 3.84. The van der Waals surface area contributed by atoms with Crippen LogP contribution in [0.15, 0.2) is 41.0 Å². The number of carbonyl (C=O) groups is 1. The summed E-state index contributed by atoms with van der Waals surface area (Å²) in [5.74, 6) is 2.41. The number of benzene rings is 1. The van der Waals surface area contributed by atoms with Crippen molar-refractivity contribution in [2.45, 2.75) is 24.1 Å². The molecule has 1 saturated heterocycles. The molecule has 1 aromatic heterocycles. The monoisotopic (exact) mass is 317 g/mol. The maximum atomic E-state index is 12.5. The summed E-state index contributed by atoms with van der Waals surface area (Å²) in [6.45, 7) is 2.67. The predicted octanol–water partition coefficient (Wildman–Crippen LogP) is 3.17. The van der Waals surface area contributed by atoms with Crippen LogP contribution < -0.4 is 9.47 Å². The van der Waals surface area contributed by atoms with Crippen molar-refractivity contribution in [1.82, 2.24) is 4.90 Å². The minimum absolute atomic E-state index is 0.0397. The molecule has 0 aliphatic carbocycles. The second-order valence-corrected chi connectivity index (χ2v) is 6.71. The maximum absolute atomic E-state index is 12.5. The van der Waals surface area contributed by atoms with Gasteiger partial charge < -0.3 is 18.8 Å². The molecule has 2 aliphatic heterocycles. The van der Waals surface area contributed by atoms with E-state index in [0.29, 0.717) is 6.54 Å². The van der Waals surface area contributed by atoms with Crippen LogP contribution in [0.1, 0.15) is 23.6 Å². The molecule has 22 heavy (non-hydrogen) atoms. The van der Waals surface area contributed by atoms with E-state index in [1.54, 1.807) is 18.0 Å². The first-order chi connectivity index (χ1) is 10.7. The van der Waals surface area contributed by atoms with Gasteiger partial charge in [-0.15, -0.1) is 11.8 Å². The lowest BCUT2D eigenvalue weighted by Crippen LogP contribution is -2.29. The van der Waals surface area contributed by atoms with E-state index in [1.807, 2.05) is 42.2 Å². The minimum Gasteiger partial charge on any atom is -0.467 e. The zero-order valence-corrected chi connectivity index (χ0v) is 12.8. The average Bonchev–Trinajstić information content (AvgIpc) is 3.24. The SMILES string of the molecule is C[C@@H]1S[C@H](c2ccc3c(c2)OCO3)N(Cc2ccco2)C1=O. The van der Waals surface area contributed by atoms with Gasteiger partial charge in [-0.2, -0.15) is 0 Å². The Hall–Kier alpha value is -2.08. The number of hydrogen-bond acceptors (Lipinski definition) is 5. The fourth-order valence-electron chi connectivity index (χ4n) is 2.73. The Labute approximate surface area is 132 Å². The molecule has 4 rings (SSSR count). The first-order valence-electron chi connectivity index (χ1n) is 7.10. The number of nitrogens with zero attached hydrogens (tertiary/aromatic N) is 1. The number of furan rings is 1. The van der Waals surface area contributed by atoms with Crippen LogP contribution in [0.25, 0.3) is 0 Å². The number of carbonyl (C=O) groups excluding carboxylic acids is 1. The Kier molecular flexibility index (Phi) is 3.26. The Morgan fingerprint density at radius 1 is 1.27 bits per heavy atom. The molecule has 0 N–H and O–H groups in total. The Balaban J connectivity index is 1.65. The van der Waals surface area contributed by atoms with Gasteiger partial charge in [0.05, 0.1) is 18.1 Å². The number of amides is 1. The third-order valence-corrected chi connectivity index (χ3v) is 5.23. The number of fused-ring (bicyclic) bond motifs is 1. The van der Waals surface area contributed by atoms with Crippen LogP contribution in [0.4, 0.5) is 0 Å². The van der Waals surface area contributed by atoms with E-state index in [4.69, 9.17) is 13.9 Å². The summed E-state index contributed by atoms with van der Waals surface area (Å²) < 4.78 is 16.2. The second-order valence-electron chi connectivity index (χ2n) is 5.29. The molecule has 1 amide bonds.